The van der Waals surface area contributed by atoms with E-state index in [1.54, 1.807) is 0 Å². The summed E-state index contributed by atoms with van der Waals surface area (Å²) in [6.07, 6.45) is 6.29. The molecular weight excluding hydrogens is 451 g/mol. The molecule has 1 fully saturated rings. The highest BCUT2D eigenvalue weighted by Crippen LogP contribution is 2.25. The molecule has 0 amide bonds. The monoisotopic (exact) mass is 484 g/mol. The highest BCUT2D eigenvalue weighted by Gasteiger charge is 2.19. The number of hydrogen-bond donors (Lipinski definition) is 2. The average Bonchev–Trinajstić information content (AvgIpc) is 3.11. The molecule has 0 radical (unpaired) electrons. The second-order valence-electron chi connectivity index (χ2n) is 7.06. The molecule has 0 bridgehead atoms. The number of nitrogens with zero attached hydrogens (tertiary/aromatic N) is 2. The van der Waals surface area contributed by atoms with Crippen molar-refractivity contribution in [3.05, 3.63) is 42.0 Å². The predicted molar refractivity (Wildman–Crippen MR) is 124 cm³/mol. The summed E-state index contributed by atoms with van der Waals surface area (Å²) in [5.74, 6) is 1.99. The first-order valence-corrected chi connectivity index (χ1v) is 9.91. The Morgan fingerprint density at radius 1 is 1.37 bits per heavy atom. The molecule has 150 valence electrons. The van der Waals surface area contributed by atoms with E-state index < -0.39 is 0 Å². The van der Waals surface area contributed by atoms with Crippen molar-refractivity contribution in [2.75, 3.05) is 39.3 Å². The lowest BCUT2D eigenvalue weighted by Gasteiger charge is -2.32. The molecule has 5 nitrogen and oxygen atoms in total. The van der Waals surface area contributed by atoms with Crippen LogP contribution in [0, 0.1) is 0 Å². The topological polar surface area (TPSA) is 48.9 Å². The van der Waals surface area contributed by atoms with Gasteiger partial charge in [0.1, 0.15) is 5.75 Å². The number of benzene rings is 1. The number of likely N-dealkylation sites (tertiary alicyclic amines) is 1. The number of piperidine rings is 1. The summed E-state index contributed by atoms with van der Waals surface area (Å²) in [6.45, 7) is 11.7. The van der Waals surface area contributed by atoms with Crippen molar-refractivity contribution in [1.29, 1.82) is 0 Å². The van der Waals surface area contributed by atoms with Crippen molar-refractivity contribution < 1.29 is 4.74 Å². The number of halogens is 1. The average molecular weight is 484 g/mol. The van der Waals surface area contributed by atoms with Gasteiger partial charge in [-0.1, -0.05) is 18.2 Å². The molecule has 0 atom stereocenters. The second kappa shape index (κ2) is 11.5. The van der Waals surface area contributed by atoms with Crippen molar-refractivity contribution in [2.24, 2.45) is 4.99 Å². The number of fused-ring (bicyclic) bond motifs is 1. The SMILES string of the molecule is C=CCN1CCC(NC(=NCCc2ccc3c(c2)CCO3)NCC)CC1.I. The Morgan fingerprint density at radius 2 is 2.19 bits per heavy atom. The van der Waals surface area contributed by atoms with E-state index in [2.05, 4.69) is 47.2 Å². The van der Waals surface area contributed by atoms with E-state index in [0.717, 1.165) is 76.7 Å². The maximum Gasteiger partial charge on any atom is 0.191 e. The molecule has 0 spiro atoms. The van der Waals surface area contributed by atoms with Gasteiger partial charge in [-0.05, 0) is 43.4 Å². The molecule has 0 saturated carbocycles. The molecular formula is C21H33IN4O. The molecule has 1 aromatic carbocycles. The fourth-order valence-electron chi connectivity index (χ4n) is 3.65. The van der Waals surface area contributed by atoms with Crippen LogP contribution in [-0.2, 0) is 12.8 Å². The lowest BCUT2D eigenvalue weighted by atomic mass is 10.1. The predicted octanol–water partition coefficient (Wildman–Crippen LogP) is 2.99. The summed E-state index contributed by atoms with van der Waals surface area (Å²) < 4.78 is 5.58. The minimum atomic E-state index is 0. The smallest absolute Gasteiger partial charge is 0.191 e. The van der Waals surface area contributed by atoms with Gasteiger partial charge in [-0.25, -0.2) is 0 Å². The van der Waals surface area contributed by atoms with Gasteiger partial charge in [-0.3, -0.25) is 9.89 Å². The van der Waals surface area contributed by atoms with Crippen molar-refractivity contribution in [1.82, 2.24) is 15.5 Å². The van der Waals surface area contributed by atoms with Crippen LogP contribution in [0.2, 0.25) is 0 Å². The van der Waals surface area contributed by atoms with E-state index in [4.69, 9.17) is 9.73 Å². The van der Waals surface area contributed by atoms with Crippen LogP contribution in [0.3, 0.4) is 0 Å². The van der Waals surface area contributed by atoms with Crippen molar-refractivity contribution in [3.8, 4) is 5.75 Å². The quantitative estimate of drug-likeness (QED) is 0.271. The normalized spacial score (nSPS) is 17.6. The van der Waals surface area contributed by atoms with Crippen molar-refractivity contribution in [2.45, 2.75) is 38.6 Å². The molecule has 2 N–H and O–H groups in total. The third-order valence-corrected chi connectivity index (χ3v) is 5.08. The molecule has 2 heterocycles. The van der Waals surface area contributed by atoms with E-state index in [1.807, 2.05) is 6.08 Å². The minimum Gasteiger partial charge on any atom is -0.493 e. The van der Waals surface area contributed by atoms with E-state index in [-0.39, 0.29) is 24.0 Å². The van der Waals surface area contributed by atoms with E-state index in [1.165, 1.54) is 11.1 Å². The van der Waals surface area contributed by atoms with Gasteiger partial charge in [0.05, 0.1) is 6.61 Å². The summed E-state index contributed by atoms with van der Waals surface area (Å²) in [5.41, 5.74) is 2.68. The molecule has 3 rings (SSSR count). The molecule has 27 heavy (non-hydrogen) atoms. The van der Waals surface area contributed by atoms with Crippen LogP contribution in [0.5, 0.6) is 5.75 Å². The molecule has 1 aromatic rings. The number of guanidine groups is 1. The Kier molecular flexibility index (Phi) is 9.41. The first-order chi connectivity index (χ1) is 12.8. The fraction of sp³-hybridized carbons (Fsp3) is 0.571. The molecule has 2 aliphatic heterocycles. The van der Waals surface area contributed by atoms with Gasteiger partial charge in [-0.2, -0.15) is 0 Å². The van der Waals surface area contributed by atoms with Crippen molar-refractivity contribution in [3.63, 3.8) is 0 Å². The third kappa shape index (κ3) is 6.68. The highest BCUT2D eigenvalue weighted by atomic mass is 127. The summed E-state index contributed by atoms with van der Waals surface area (Å²) in [7, 11) is 0. The van der Waals surface area contributed by atoms with E-state index in [0.29, 0.717) is 6.04 Å². The Labute approximate surface area is 180 Å². The Balaban J connectivity index is 0.00000261. The van der Waals surface area contributed by atoms with Crippen LogP contribution in [0.1, 0.15) is 30.9 Å². The number of hydrogen-bond acceptors (Lipinski definition) is 3. The largest absolute Gasteiger partial charge is 0.493 e. The first-order valence-electron chi connectivity index (χ1n) is 9.91. The van der Waals surface area contributed by atoms with Crippen LogP contribution in [0.4, 0.5) is 0 Å². The van der Waals surface area contributed by atoms with Gasteiger partial charge in [0, 0.05) is 45.2 Å². The van der Waals surface area contributed by atoms with Gasteiger partial charge in [-0.15, -0.1) is 30.6 Å². The second-order valence-corrected chi connectivity index (χ2v) is 7.06. The van der Waals surface area contributed by atoms with Crippen LogP contribution in [0.25, 0.3) is 0 Å². The summed E-state index contributed by atoms with van der Waals surface area (Å²) in [5, 5.41) is 7.00. The number of rotatable bonds is 7. The maximum absolute atomic E-state index is 5.58. The zero-order valence-electron chi connectivity index (χ0n) is 16.4. The molecule has 0 aromatic heterocycles. The third-order valence-electron chi connectivity index (χ3n) is 5.08. The van der Waals surface area contributed by atoms with Crippen LogP contribution in [0.15, 0.2) is 35.8 Å². The summed E-state index contributed by atoms with van der Waals surface area (Å²) in [4.78, 5) is 7.24. The fourth-order valence-corrected chi connectivity index (χ4v) is 3.65. The van der Waals surface area contributed by atoms with Gasteiger partial charge < -0.3 is 15.4 Å². The van der Waals surface area contributed by atoms with Gasteiger partial charge in [0.25, 0.3) is 0 Å². The summed E-state index contributed by atoms with van der Waals surface area (Å²) in [6, 6.07) is 7.04. The number of aliphatic imine (C=N–C) groups is 1. The zero-order valence-corrected chi connectivity index (χ0v) is 18.7. The maximum atomic E-state index is 5.58. The van der Waals surface area contributed by atoms with Gasteiger partial charge >= 0.3 is 0 Å². The number of nitrogens with one attached hydrogen (secondary N) is 2. The van der Waals surface area contributed by atoms with Crippen LogP contribution >= 0.6 is 24.0 Å². The van der Waals surface area contributed by atoms with Crippen LogP contribution in [-0.4, -0.2) is 56.2 Å². The highest BCUT2D eigenvalue weighted by molar-refractivity contribution is 14.0. The lowest BCUT2D eigenvalue weighted by molar-refractivity contribution is 0.225. The van der Waals surface area contributed by atoms with E-state index >= 15 is 0 Å². The molecule has 2 aliphatic rings. The Hall–Kier alpha value is -1.28. The Bertz CT molecular complexity index is 627. The summed E-state index contributed by atoms with van der Waals surface area (Å²) >= 11 is 0. The minimum absolute atomic E-state index is 0. The molecule has 0 unspecified atom stereocenters. The molecule has 1 saturated heterocycles. The zero-order chi connectivity index (χ0) is 18.2. The molecule has 0 aliphatic carbocycles. The first kappa shape index (κ1) is 22.0. The lowest BCUT2D eigenvalue weighted by Crippen LogP contribution is -2.48. The Morgan fingerprint density at radius 3 is 2.93 bits per heavy atom. The number of ether oxygens (including phenoxy) is 1. The standard InChI is InChI=1S/C21H32N4O.HI/c1-3-12-25-13-8-19(9-14-25)24-21(22-4-2)23-11-7-17-5-6-20-18(16-17)10-15-26-20;/h3,5-6,16,19H,1,4,7-15H2,2H3,(H2,22,23,24);1H. The van der Waals surface area contributed by atoms with Crippen LogP contribution < -0.4 is 15.4 Å². The molecule has 6 heteroatoms. The van der Waals surface area contributed by atoms with Gasteiger partial charge in [0.15, 0.2) is 5.96 Å². The van der Waals surface area contributed by atoms with Crippen molar-refractivity contribution >= 4 is 29.9 Å². The van der Waals surface area contributed by atoms with E-state index in [9.17, 15) is 0 Å². The van der Waals surface area contributed by atoms with Gasteiger partial charge in [0.2, 0.25) is 0 Å².